The predicted molar refractivity (Wildman–Crippen MR) is 114 cm³/mol. The van der Waals surface area contributed by atoms with Gasteiger partial charge >= 0.3 is 0 Å². The first-order chi connectivity index (χ1) is 14.0. The van der Waals surface area contributed by atoms with E-state index in [0.29, 0.717) is 19.6 Å². The zero-order chi connectivity index (χ0) is 20.4. The third-order valence-electron chi connectivity index (χ3n) is 5.76. The number of rotatable bonds is 6. The molecule has 2 aromatic carbocycles. The molecule has 0 saturated carbocycles. The summed E-state index contributed by atoms with van der Waals surface area (Å²) in [4.78, 5) is 13.7. The van der Waals surface area contributed by atoms with Crippen LogP contribution in [0.2, 0.25) is 0 Å². The van der Waals surface area contributed by atoms with Gasteiger partial charge in [-0.05, 0) is 49.6 Å². The molecule has 1 fully saturated rings. The van der Waals surface area contributed by atoms with E-state index in [-0.39, 0.29) is 17.8 Å². The lowest BCUT2D eigenvalue weighted by Crippen LogP contribution is -2.25. The van der Waals surface area contributed by atoms with Gasteiger partial charge in [-0.25, -0.2) is 0 Å². The summed E-state index contributed by atoms with van der Waals surface area (Å²) in [6.45, 7) is 8.84. The third kappa shape index (κ3) is 4.34. The number of ketones is 1. The Hall–Kier alpha value is -2.69. The number of carbonyl (C=O) groups is 1. The highest BCUT2D eigenvalue weighted by molar-refractivity contribution is 5.76. The lowest BCUT2D eigenvalue weighted by Gasteiger charge is -2.26. The molecule has 0 radical (unpaired) electrons. The zero-order valence-electron chi connectivity index (χ0n) is 17.4. The summed E-state index contributed by atoms with van der Waals surface area (Å²) in [5, 5.41) is 0. The van der Waals surface area contributed by atoms with Crippen molar-refractivity contribution < 1.29 is 19.0 Å². The van der Waals surface area contributed by atoms with Gasteiger partial charge in [0.1, 0.15) is 30.9 Å². The Morgan fingerprint density at radius 1 is 1.17 bits per heavy atom. The van der Waals surface area contributed by atoms with Crippen LogP contribution in [0, 0.1) is 6.92 Å². The number of anilines is 1. The van der Waals surface area contributed by atoms with E-state index < -0.39 is 0 Å². The molecule has 2 aliphatic rings. The van der Waals surface area contributed by atoms with E-state index in [0.717, 1.165) is 42.3 Å². The normalized spacial score (nSPS) is 19.1. The molecule has 1 saturated heterocycles. The quantitative estimate of drug-likeness (QED) is 0.720. The summed E-state index contributed by atoms with van der Waals surface area (Å²) < 4.78 is 17.7. The second-order valence-corrected chi connectivity index (χ2v) is 8.08. The molecule has 0 aliphatic carbocycles. The highest BCUT2D eigenvalue weighted by Crippen LogP contribution is 2.40. The average molecular weight is 395 g/mol. The number of hydrogen-bond donors (Lipinski definition) is 0. The molecule has 5 heteroatoms. The first-order valence-corrected chi connectivity index (χ1v) is 10.4. The van der Waals surface area contributed by atoms with E-state index in [9.17, 15) is 4.79 Å². The molecule has 1 unspecified atom stereocenters. The minimum atomic E-state index is 0.156. The molecule has 5 nitrogen and oxygen atoms in total. The molecule has 2 aromatic rings. The second-order valence-electron chi connectivity index (χ2n) is 8.08. The van der Waals surface area contributed by atoms with E-state index in [4.69, 9.17) is 14.2 Å². The fourth-order valence-electron chi connectivity index (χ4n) is 4.25. The Bertz CT molecular complexity index is 877. The van der Waals surface area contributed by atoms with E-state index in [1.165, 1.54) is 11.3 Å². The Morgan fingerprint density at radius 2 is 1.93 bits per heavy atom. The molecule has 0 aromatic heterocycles. The molecular formula is C24H29NO4. The summed E-state index contributed by atoms with van der Waals surface area (Å²) in [5.74, 6) is 3.05. The standard InChI is InChI=1S/C24H29NO4/c1-16(14-17(2)26)19-4-6-20(7-5-19)29-21-10-11-25(15-21)22-8-9-23-24(18(22)3)28-13-12-27-23/h4-9,16,21H,10-15H2,1-3H3/t16-,21?/m1/s1. The van der Waals surface area contributed by atoms with Gasteiger partial charge in [-0.15, -0.1) is 0 Å². The molecule has 0 amide bonds. The van der Waals surface area contributed by atoms with Gasteiger partial charge in [-0.2, -0.15) is 0 Å². The largest absolute Gasteiger partial charge is 0.489 e. The molecule has 154 valence electrons. The van der Waals surface area contributed by atoms with Crippen LogP contribution in [0.5, 0.6) is 17.2 Å². The first-order valence-electron chi connectivity index (χ1n) is 10.4. The van der Waals surface area contributed by atoms with Gasteiger partial charge in [-0.3, -0.25) is 0 Å². The molecule has 4 rings (SSSR count). The molecule has 29 heavy (non-hydrogen) atoms. The fourth-order valence-corrected chi connectivity index (χ4v) is 4.25. The van der Waals surface area contributed by atoms with Crippen LogP contribution in [-0.4, -0.2) is 38.2 Å². The maximum absolute atomic E-state index is 11.3. The van der Waals surface area contributed by atoms with Crippen LogP contribution in [0.25, 0.3) is 0 Å². The van der Waals surface area contributed by atoms with Crippen molar-refractivity contribution in [2.75, 3.05) is 31.2 Å². The summed E-state index contributed by atoms with van der Waals surface area (Å²) in [5.41, 5.74) is 3.49. The van der Waals surface area contributed by atoms with Gasteiger partial charge in [0.2, 0.25) is 0 Å². The minimum absolute atomic E-state index is 0.156. The molecule has 2 heterocycles. The van der Waals surface area contributed by atoms with Crippen LogP contribution < -0.4 is 19.1 Å². The lowest BCUT2D eigenvalue weighted by atomic mass is 9.96. The predicted octanol–water partition coefficient (Wildman–Crippen LogP) is 4.51. The Morgan fingerprint density at radius 3 is 2.69 bits per heavy atom. The zero-order valence-corrected chi connectivity index (χ0v) is 17.4. The summed E-state index contributed by atoms with van der Waals surface area (Å²) in [6, 6.07) is 12.3. The van der Waals surface area contributed by atoms with Crippen molar-refractivity contribution >= 4 is 11.5 Å². The molecule has 2 atom stereocenters. The molecule has 2 aliphatic heterocycles. The topological polar surface area (TPSA) is 48.0 Å². The van der Waals surface area contributed by atoms with Gasteiger partial charge in [0.05, 0.1) is 6.54 Å². The molecule has 0 spiro atoms. The number of nitrogens with zero attached hydrogens (tertiary/aromatic N) is 1. The van der Waals surface area contributed by atoms with Crippen LogP contribution in [0.15, 0.2) is 36.4 Å². The van der Waals surface area contributed by atoms with E-state index in [1.54, 1.807) is 6.92 Å². The van der Waals surface area contributed by atoms with Crippen LogP contribution in [0.4, 0.5) is 5.69 Å². The third-order valence-corrected chi connectivity index (χ3v) is 5.76. The molecule has 0 bridgehead atoms. The average Bonchev–Trinajstić information content (AvgIpc) is 3.16. The number of Topliss-reactive ketones (excluding diaryl/α,β-unsaturated/α-hetero) is 1. The van der Waals surface area contributed by atoms with Crippen molar-refractivity contribution in [2.24, 2.45) is 0 Å². The Kier molecular flexibility index (Phi) is 5.65. The Balaban J connectivity index is 1.39. The smallest absolute Gasteiger partial charge is 0.166 e. The highest BCUT2D eigenvalue weighted by Gasteiger charge is 2.27. The molecule has 0 N–H and O–H groups in total. The van der Waals surface area contributed by atoms with Gasteiger partial charge in [0, 0.05) is 30.6 Å². The fraction of sp³-hybridized carbons (Fsp3) is 0.458. The highest BCUT2D eigenvalue weighted by atomic mass is 16.6. The van der Waals surface area contributed by atoms with Crippen molar-refractivity contribution in [3.63, 3.8) is 0 Å². The SMILES string of the molecule is CC(=O)C[C@@H](C)c1ccc(OC2CCN(c3ccc4c(c3C)OCCO4)C2)cc1. The van der Waals surface area contributed by atoms with Gasteiger partial charge in [0.25, 0.3) is 0 Å². The van der Waals surface area contributed by atoms with Gasteiger partial charge < -0.3 is 23.9 Å². The first kappa shape index (κ1) is 19.6. The van der Waals surface area contributed by atoms with E-state index in [1.807, 2.05) is 18.2 Å². The van der Waals surface area contributed by atoms with Gasteiger partial charge in [0.15, 0.2) is 11.5 Å². The molecular weight excluding hydrogens is 366 g/mol. The number of ether oxygens (including phenoxy) is 3. The van der Waals surface area contributed by atoms with E-state index >= 15 is 0 Å². The number of benzene rings is 2. The monoisotopic (exact) mass is 395 g/mol. The van der Waals surface area contributed by atoms with E-state index in [2.05, 4.69) is 36.9 Å². The van der Waals surface area contributed by atoms with Crippen molar-refractivity contribution in [2.45, 2.75) is 45.6 Å². The summed E-state index contributed by atoms with van der Waals surface area (Å²) >= 11 is 0. The number of fused-ring (bicyclic) bond motifs is 1. The second kappa shape index (κ2) is 8.36. The maximum atomic E-state index is 11.3. The van der Waals surface area contributed by atoms with Crippen LogP contribution in [-0.2, 0) is 4.79 Å². The minimum Gasteiger partial charge on any atom is -0.489 e. The van der Waals surface area contributed by atoms with Crippen molar-refractivity contribution in [3.8, 4) is 17.2 Å². The summed E-state index contributed by atoms with van der Waals surface area (Å²) in [7, 11) is 0. The lowest BCUT2D eigenvalue weighted by molar-refractivity contribution is -0.117. The Labute approximate surface area is 172 Å². The van der Waals surface area contributed by atoms with Crippen LogP contribution >= 0.6 is 0 Å². The maximum Gasteiger partial charge on any atom is 0.166 e. The summed E-state index contributed by atoms with van der Waals surface area (Å²) in [6.07, 6.45) is 1.71. The van der Waals surface area contributed by atoms with Crippen LogP contribution in [0.1, 0.15) is 43.7 Å². The number of hydrogen-bond acceptors (Lipinski definition) is 5. The number of carbonyl (C=O) groups excluding carboxylic acids is 1. The van der Waals surface area contributed by atoms with Crippen LogP contribution in [0.3, 0.4) is 0 Å². The van der Waals surface area contributed by atoms with Gasteiger partial charge in [-0.1, -0.05) is 19.1 Å². The van der Waals surface area contributed by atoms with Crippen molar-refractivity contribution in [1.82, 2.24) is 0 Å². The van der Waals surface area contributed by atoms with Crippen molar-refractivity contribution in [1.29, 1.82) is 0 Å². The van der Waals surface area contributed by atoms with Crippen molar-refractivity contribution in [3.05, 3.63) is 47.5 Å².